The number of halogens is 2. The zero-order valence-corrected chi connectivity index (χ0v) is 13.7. The van der Waals surface area contributed by atoms with Crippen LogP contribution in [-0.2, 0) is 0 Å². The fourth-order valence-electron chi connectivity index (χ4n) is 2.91. The maximum absolute atomic E-state index is 12.3. The number of carbonyl (C=O) groups is 1. The molecule has 0 unspecified atom stereocenters. The Bertz CT molecular complexity index is 675. The van der Waals surface area contributed by atoms with Crippen LogP contribution in [-0.4, -0.2) is 16.9 Å². The van der Waals surface area contributed by atoms with Gasteiger partial charge in [-0.1, -0.05) is 48.5 Å². The van der Waals surface area contributed by atoms with Gasteiger partial charge in [0.05, 0.1) is 0 Å². The van der Waals surface area contributed by atoms with E-state index in [9.17, 15) is 4.79 Å². The standard InChI is InChI=1S/C17H18Cl2N2O/c18-12-6-7-14(15(19)9-12)11-8-16(20-10-11)17(22)21-13-4-2-1-3-5-13/h6-10,13,20H,1-5H2,(H,21,22). The Balaban J connectivity index is 1.73. The maximum Gasteiger partial charge on any atom is 0.267 e. The van der Waals surface area contributed by atoms with E-state index in [1.165, 1.54) is 19.3 Å². The van der Waals surface area contributed by atoms with Crippen LogP contribution in [0.4, 0.5) is 0 Å². The minimum Gasteiger partial charge on any atom is -0.357 e. The van der Waals surface area contributed by atoms with Crippen LogP contribution in [0.2, 0.25) is 10.0 Å². The van der Waals surface area contributed by atoms with Crippen molar-refractivity contribution >= 4 is 29.1 Å². The van der Waals surface area contributed by atoms with Crippen LogP contribution in [0.1, 0.15) is 42.6 Å². The molecule has 0 saturated heterocycles. The number of amides is 1. The molecule has 1 aromatic heterocycles. The van der Waals surface area contributed by atoms with Crippen molar-refractivity contribution in [1.29, 1.82) is 0 Å². The lowest BCUT2D eigenvalue weighted by Crippen LogP contribution is -2.36. The highest BCUT2D eigenvalue weighted by atomic mass is 35.5. The monoisotopic (exact) mass is 336 g/mol. The van der Waals surface area contributed by atoms with E-state index in [1.807, 2.05) is 12.1 Å². The second-order valence-corrected chi connectivity index (χ2v) is 6.58. The summed E-state index contributed by atoms with van der Waals surface area (Å²) in [5, 5.41) is 4.27. The molecule has 0 spiro atoms. The quantitative estimate of drug-likeness (QED) is 0.809. The Hall–Kier alpha value is -1.45. The van der Waals surface area contributed by atoms with Gasteiger partial charge < -0.3 is 10.3 Å². The molecule has 0 atom stereocenters. The number of hydrogen-bond acceptors (Lipinski definition) is 1. The van der Waals surface area contributed by atoms with Crippen molar-refractivity contribution in [1.82, 2.24) is 10.3 Å². The van der Waals surface area contributed by atoms with E-state index >= 15 is 0 Å². The van der Waals surface area contributed by atoms with Gasteiger partial charge in [0.25, 0.3) is 5.91 Å². The van der Waals surface area contributed by atoms with Gasteiger partial charge in [-0.3, -0.25) is 4.79 Å². The molecule has 3 nitrogen and oxygen atoms in total. The first kappa shape index (κ1) is 15.4. The fourth-order valence-corrected chi connectivity index (χ4v) is 3.43. The lowest BCUT2D eigenvalue weighted by atomic mass is 9.95. The summed E-state index contributed by atoms with van der Waals surface area (Å²) < 4.78 is 0. The zero-order chi connectivity index (χ0) is 15.5. The van der Waals surface area contributed by atoms with Gasteiger partial charge in [-0.25, -0.2) is 0 Å². The largest absolute Gasteiger partial charge is 0.357 e. The minimum absolute atomic E-state index is 0.0526. The molecule has 116 valence electrons. The molecule has 1 aliphatic carbocycles. The zero-order valence-electron chi connectivity index (χ0n) is 12.2. The highest BCUT2D eigenvalue weighted by molar-refractivity contribution is 6.36. The van der Waals surface area contributed by atoms with Crippen molar-refractivity contribution in [2.45, 2.75) is 38.1 Å². The molecular weight excluding hydrogens is 319 g/mol. The summed E-state index contributed by atoms with van der Waals surface area (Å²) in [5.74, 6) is -0.0526. The average Bonchev–Trinajstić information content (AvgIpc) is 2.98. The van der Waals surface area contributed by atoms with E-state index in [4.69, 9.17) is 23.2 Å². The molecule has 5 heteroatoms. The van der Waals surface area contributed by atoms with Crippen LogP contribution in [0.3, 0.4) is 0 Å². The molecule has 22 heavy (non-hydrogen) atoms. The molecule has 1 saturated carbocycles. The number of aromatic amines is 1. The predicted molar refractivity (Wildman–Crippen MR) is 90.6 cm³/mol. The van der Waals surface area contributed by atoms with Gasteiger partial charge in [-0.05, 0) is 31.0 Å². The normalized spacial score (nSPS) is 15.7. The minimum atomic E-state index is -0.0526. The number of nitrogens with one attached hydrogen (secondary N) is 2. The SMILES string of the molecule is O=C(NC1CCCCC1)c1cc(-c2ccc(Cl)cc2Cl)c[nH]1. The summed E-state index contributed by atoms with van der Waals surface area (Å²) in [6.45, 7) is 0. The van der Waals surface area contributed by atoms with Crippen LogP contribution < -0.4 is 5.32 Å². The lowest BCUT2D eigenvalue weighted by Gasteiger charge is -2.22. The number of hydrogen-bond donors (Lipinski definition) is 2. The number of rotatable bonds is 3. The van der Waals surface area contributed by atoms with E-state index in [-0.39, 0.29) is 5.91 Å². The van der Waals surface area contributed by atoms with Crippen molar-refractivity contribution in [3.63, 3.8) is 0 Å². The molecule has 2 aromatic rings. The molecule has 3 rings (SSSR count). The Morgan fingerprint density at radius 3 is 2.64 bits per heavy atom. The van der Waals surface area contributed by atoms with Crippen LogP contribution in [0.25, 0.3) is 11.1 Å². The van der Waals surface area contributed by atoms with Crippen molar-refractivity contribution in [3.8, 4) is 11.1 Å². The van der Waals surface area contributed by atoms with Gasteiger partial charge in [-0.2, -0.15) is 0 Å². The van der Waals surface area contributed by atoms with E-state index in [0.717, 1.165) is 24.0 Å². The highest BCUT2D eigenvalue weighted by Crippen LogP contribution is 2.30. The van der Waals surface area contributed by atoms with Crippen LogP contribution >= 0.6 is 23.2 Å². The number of aromatic nitrogens is 1. The van der Waals surface area contributed by atoms with Gasteiger partial charge in [0.2, 0.25) is 0 Å². The van der Waals surface area contributed by atoms with E-state index in [0.29, 0.717) is 21.8 Å². The van der Waals surface area contributed by atoms with Crippen molar-refractivity contribution < 1.29 is 4.79 Å². The Morgan fingerprint density at radius 1 is 1.14 bits per heavy atom. The molecule has 1 aromatic carbocycles. The molecule has 2 N–H and O–H groups in total. The number of H-pyrrole nitrogens is 1. The maximum atomic E-state index is 12.3. The first-order valence-electron chi connectivity index (χ1n) is 7.58. The first-order valence-corrected chi connectivity index (χ1v) is 8.34. The summed E-state index contributed by atoms with van der Waals surface area (Å²) in [5.41, 5.74) is 2.31. The molecule has 0 bridgehead atoms. The third kappa shape index (κ3) is 3.47. The summed E-state index contributed by atoms with van der Waals surface area (Å²) in [7, 11) is 0. The van der Waals surface area contributed by atoms with Crippen molar-refractivity contribution in [2.75, 3.05) is 0 Å². The Kier molecular flexibility index (Phi) is 4.74. The summed E-state index contributed by atoms with van der Waals surface area (Å²) in [6.07, 6.45) is 7.60. The summed E-state index contributed by atoms with van der Waals surface area (Å²) in [4.78, 5) is 15.3. The Labute approximate surface area is 140 Å². The Morgan fingerprint density at radius 2 is 1.91 bits per heavy atom. The molecule has 1 fully saturated rings. The topological polar surface area (TPSA) is 44.9 Å². The van der Waals surface area contributed by atoms with Gasteiger partial charge >= 0.3 is 0 Å². The first-order chi connectivity index (χ1) is 10.6. The molecule has 1 amide bonds. The second-order valence-electron chi connectivity index (χ2n) is 5.73. The average molecular weight is 337 g/mol. The molecule has 1 heterocycles. The van der Waals surface area contributed by atoms with Crippen LogP contribution in [0.5, 0.6) is 0 Å². The lowest BCUT2D eigenvalue weighted by molar-refractivity contribution is 0.0923. The molecular formula is C17H18Cl2N2O. The number of carbonyl (C=O) groups excluding carboxylic acids is 1. The van der Waals surface area contributed by atoms with Crippen molar-refractivity contribution in [3.05, 3.63) is 46.2 Å². The van der Waals surface area contributed by atoms with Gasteiger partial charge in [0.1, 0.15) is 5.69 Å². The summed E-state index contributed by atoms with van der Waals surface area (Å²) >= 11 is 12.1. The molecule has 1 aliphatic rings. The third-order valence-electron chi connectivity index (χ3n) is 4.11. The highest BCUT2D eigenvalue weighted by Gasteiger charge is 2.18. The number of benzene rings is 1. The summed E-state index contributed by atoms with van der Waals surface area (Å²) in [6, 6.07) is 7.47. The smallest absolute Gasteiger partial charge is 0.267 e. The van der Waals surface area contributed by atoms with Gasteiger partial charge in [-0.15, -0.1) is 0 Å². The van der Waals surface area contributed by atoms with Gasteiger partial charge in [0, 0.05) is 33.4 Å². The van der Waals surface area contributed by atoms with Gasteiger partial charge in [0.15, 0.2) is 0 Å². The van der Waals surface area contributed by atoms with E-state index < -0.39 is 0 Å². The third-order valence-corrected chi connectivity index (χ3v) is 4.66. The van der Waals surface area contributed by atoms with Crippen molar-refractivity contribution in [2.24, 2.45) is 0 Å². The molecule has 0 aliphatic heterocycles. The second kappa shape index (κ2) is 6.76. The predicted octanol–water partition coefficient (Wildman–Crippen LogP) is 5.05. The van der Waals surface area contributed by atoms with Crippen LogP contribution in [0, 0.1) is 0 Å². The van der Waals surface area contributed by atoms with E-state index in [1.54, 1.807) is 18.3 Å². The van der Waals surface area contributed by atoms with Crippen LogP contribution in [0.15, 0.2) is 30.5 Å². The fraction of sp³-hybridized carbons (Fsp3) is 0.353. The van der Waals surface area contributed by atoms with E-state index in [2.05, 4.69) is 10.3 Å². The molecule has 0 radical (unpaired) electrons.